The molecule has 0 radical (unpaired) electrons. The fourth-order valence-corrected chi connectivity index (χ4v) is 3.59. The summed E-state index contributed by atoms with van der Waals surface area (Å²) in [6.07, 6.45) is 6.94. The number of carbonyl (C=O) groups excluding carboxylic acids is 1. The molecule has 0 atom stereocenters. The van der Waals surface area contributed by atoms with Gasteiger partial charge in [0.25, 0.3) is 0 Å². The normalized spacial score (nSPS) is 10.7. The van der Waals surface area contributed by atoms with Gasteiger partial charge in [-0.1, -0.05) is 18.2 Å². The summed E-state index contributed by atoms with van der Waals surface area (Å²) in [4.78, 5) is 20.6. The zero-order valence-electron chi connectivity index (χ0n) is 15.0. The molecule has 0 unspecified atom stereocenters. The standard InChI is InChI=1S/C21H22FN3OS/c22-19-9-2-1-6-16(19)7-3-4-13-24-20(26)11-10-18-15-27-21(25-18)17-8-5-12-23-14-17/h1-2,5-6,8-9,12,14-15H,3-4,7,10-11,13H2,(H,24,26). The molecule has 2 aromatic heterocycles. The molecule has 0 aliphatic heterocycles. The second-order valence-electron chi connectivity index (χ2n) is 6.28. The molecule has 0 aliphatic rings. The van der Waals surface area contributed by atoms with E-state index in [1.807, 2.05) is 29.6 Å². The fourth-order valence-electron chi connectivity index (χ4n) is 2.74. The quantitative estimate of drug-likeness (QED) is 0.557. The van der Waals surface area contributed by atoms with E-state index < -0.39 is 0 Å². The fraction of sp³-hybridized carbons (Fsp3) is 0.286. The largest absolute Gasteiger partial charge is 0.356 e. The summed E-state index contributed by atoms with van der Waals surface area (Å²) in [6.45, 7) is 0.616. The Morgan fingerprint density at radius 1 is 1.11 bits per heavy atom. The maximum absolute atomic E-state index is 13.5. The number of halogens is 1. The van der Waals surface area contributed by atoms with Crippen LogP contribution in [0.15, 0.2) is 54.2 Å². The van der Waals surface area contributed by atoms with Crippen LogP contribution in [0, 0.1) is 5.82 Å². The second-order valence-corrected chi connectivity index (χ2v) is 7.14. The van der Waals surface area contributed by atoms with Gasteiger partial charge >= 0.3 is 0 Å². The van der Waals surface area contributed by atoms with E-state index in [9.17, 15) is 9.18 Å². The molecule has 6 heteroatoms. The Balaban J connectivity index is 1.33. The first-order valence-electron chi connectivity index (χ1n) is 9.07. The van der Waals surface area contributed by atoms with Gasteiger partial charge < -0.3 is 5.32 Å². The van der Waals surface area contributed by atoms with Crippen LogP contribution < -0.4 is 5.32 Å². The summed E-state index contributed by atoms with van der Waals surface area (Å²) < 4.78 is 13.5. The number of carbonyl (C=O) groups is 1. The second kappa shape index (κ2) is 9.92. The molecule has 0 saturated heterocycles. The maximum atomic E-state index is 13.5. The topological polar surface area (TPSA) is 54.9 Å². The van der Waals surface area contributed by atoms with Crippen LogP contribution in [0.1, 0.15) is 30.5 Å². The molecule has 1 N–H and O–H groups in total. The average molecular weight is 383 g/mol. The highest BCUT2D eigenvalue weighted by molar-refractivity contribution is 7.13. The molecular formula is C21H22FN3OS. The van der Waals surface area contributed by atoms with Gasteiger partial charge in [-0.2, -0.15) is 0 Å². The summed E-state index contributed by atoms with van der Waals surface area (Å²) in [5.41, 5.74) is 2.65. The molecule has 2 heterocycles. The highest BCUT2D eigenvalue weighted by Crippen LogP contribution is 2.23. The lowest BCUT2D eigenvalue weighted by Crippen LogP contribution is -2.24. The van der Waals surface area contributed by atoms with Crippen molar-refractivity contribution in [1.29, 1.82) is 0 Å². The van der Waals surface area contributed by atoms with E-state index >= 15 is 0 Å². The van der Waals surface area contributed by atoms with Gasteiger partial charge in [0.1, 0.15) is 10.8 Å². The Hall–Kier alpha value is -2.60. The molecule has 140 valence electrons. The smallest absolute Gasteiger partial charge is 0.220 e. The molecule has 0 aliphatic carbocycles. The highest BCUT2D eigenvalue weighted by atomic mass is 32.1. The van der Waals surface area contributed by atoms with E-state index in [-0.39, 0.29) is 11.7 Å². The van der Waals surface area contributed by atoms with Gasteiger partial charge in [0.2, 0.25) is 5.91 Å². The summed E-state index contributed by atoms with van der Waals surface area (Å²) >= 11 is 1.56. The summed E-state index contributed by atoms with van der Waals surface area (Å²) in [5, 5.41) is 5.84. The van der Waals surface area contributed by atoms with Crippen molar-refractivity contribution in [3.8, 4) is 10.6 Å². The highest BCUT2D eigenvalue weighted by Gasteiger charge is 2.07. The van der Waals surface area contributed by atoms with Crippen LogP contribution in [0.3, 0.4) is 0 Å². The molecule has 1 amide bonds. The zero-order valence-corrected chi connectivity index (χ0v) is 15.8. The van der Waals surface area contributed by atoms with Crippen LogP contribution in [-0.2, 0) is 17.6 Å². The van der Waals surface area contributed by atoms with Crippen molar-refractivity contribution < 1.29 is 9.18 Å². The number of nitrogens with zero attached hydrogens (tertiary/aromatic N) is 2. The number of hydrogen-bond acceptors (Lipinski definition) is 4. The number of thiazole rings is 1. The van der Waals surface area contributed by atoms with Crippen LogP contribution in [-0.4, -0.2) is 22.4 Å². The van der Waals surface area contributed by atoms with Crippen LogP contribution in [0.25, 0.3) is 10.6 Å². The van der Waals surface area contributed by atoms with E-state index in [0.29, 0.717) is 25.8 Å². The number of amides is 1. The molecule has 4 nitrogen and oxygen atoms in total. The monoisotopic (exact) mass is 383 g/mol. The van der Waals surface area contributed by atoms with Crippen LogP contribution in [0.5, 0.6) is 0 Å². The third-order valence-electron chi connectivity index (χ3n) is 4.22. The van der Waals surface area contributed by atoms with Gasteiger partial charge in [-0.05, 0) is 49.4 Å². The maximum Gasteiger partial charge on any atom is 0.220 e. The molecule has 3 aromatic rings. The Kier molecular flexibility index (Phi) is 7.04. The van der Waals surface area contributed by atoms with Gasteiger partial charge in [0, 0.05) is 36.3 Å². The first-order valence-corrected chi connectivity index (χ1v) is 9.95. The lowest BCUT2D eigenvalue weighted by molar-refractivity contribution is -0.121. The van der Waals surface area contributed by atoms with Crippen LogP contribution >= 0.6 is 11.3 Å². The number of rotatable bonds is 9. The molecule has 1 aromatic carbocycles. The number of pyridine rings is 1. The van der Waals surface area contributed by atoms with E-state index in [1.54, 1.807) is 29.8 Å². The van der Waals surface area contributed by atoms with Crippen molar-refractivity contribution in [3.05, 3.63) is 71.2 Å². The summed E-state index contributed by atoms with van der Waals surface area (Å²) in [7, 11) is 0. The molecule has 0 bridgehead atoms. The number of benzene rings is 1. The lowest BCUT2D eigenvalue weighted by atomic mass is 10.1. The third-order valence-corrected chi connectivity index (χ3v) is 5.16. The van der Waals surface area contributed by atoms with E-state index in [2.05, 4.69) is 15.3 Å². The zero-order chi connectivity index (χ0) is 18.9. The predicted octanol–water partition coefficient (Wildman–Crippen LogP) is 4.42. The van der Waals surface area contributed by atoms with E-state index in [0.717, 1.165) is 34.7 Å². The van der Waals surface area contributed by atoms with Crippen molar-refractivity contribution in [2.75, 3.05) is 6.54 Å². The number of unbranched alkanes of at least 4 members (excludes halogenated alkanes) is 1. The first kappa shape index (κ1) is 19.2. The lowest BCUT2D eigenvalue weighted by Gasteiger charge is -2.05. The predicted molar refractivity (Wildman–Crippen MR) is 106 cm³/mol. The van der Waals surface area contributed by atoms with Gasteiger partial charge in [0.15, 0.2) is 0 Å². The number of hydrogen-bond donors (Lipinski definition) is 1. The molecular weight excluding hydrogens is 361 g/mol. The Morgan fingerprint density at radius 3 is 2.81 bits per heavy atom. The van der Waals surface area contributed by atoms with Gasteiger partial charge in [-0.15, -0.1) is 11.3 Å². The van der Waals surface area contributed by atoms with Crippen molar-refractivity contribution in [3.63, 3.8) is 0 Å². The Morgan fingerprint density at radius 2 is 2.00 bits per heavy atom. The average Bonchev–Trinajstić information content (AvgIpc) is 3.17. The number of aryl methyl sites for hydroxylation is 2. The Bertz CT molecular complexity index is 867. The molecule has 0 saturated carbocycles. The van der Waals surface area contributed by atoms with Crippen molar-refractivity contribution >= 4 is 17.2 Å². The molecule has 0 fully saturated rings. The number of nitrogens with one attached hydrogen (secondary N) is 1. The molecule has 0 spiro atoms. The molecule has 27 heavy (non-hydrogen) atoms. The summed E-state index contributed by atoms with van der Waals surface area (Å²) in [5.74, 6) is -0.132. The molecule has 3 rings (SSSR count). The minimum atomic E-state index is -0.157. The van der Waals surface area contributed by atoms with Gasteiger partial charge in [-0.3, -0.25) is 9.78 Å². The van der Waals surface area contributed by atoms with Crippen LogP contribution in [0.4, 0.5) is 4.39 Å². The summed E-state index contributed by atoms with van der Waals surface area (Å²) in [6, 6.07) is 10.7. The van der Waals surface area contributed by atoms with Gasteiger partial charge in [-0.25, -0.2) is 9.37 Å². The van der Waals surface area contributed by atoms with Crippen LogP contribution in [0.2, 0.25) is 0 Å². The third kappa shape index (κ3) is 5.96. The van der Waals surface area contributed by atoms with Crippen molar-refractivity contribution in [2.24, 2.45) is 0 Å². The SMILES string of the molecule is O=C(CCc1csc(-c2cccnc2)n1)NCCCCc1ccccc1F. The number of aromatic nitrogens is 2. The van der Waals surface area contributed by atoms with Gasteiger partial charge in [0.05, 0.1) is 5.69 Å². The Labute approximate surface area is 162 Å². The first-order chi connectivity index (χ1) is 13.2. The van der Waals surface area contributed by atoms with E-state index in [4.69, 9.17) is 0 Å². The minimum Gasteiger partial charge on any atom is -0.356 e. The van der Waals surface area contributed by atoms with E-state index in [1.165, 1.54) is 6.07 Å². The van der Waals surface area contributed by atoms with Crippen molar-refractivity contribution in [2.45, 2.75) is 32.1 Å². The minimum absolute atomic E-state index is 0.0248. The van der Waals surface area contributed by atoms with Crippen molar-refractivity contribution in [1.82, 2.24) is 15.3 Å².